The van der Waals surface area contributed by atoms with Crippen LogP contribution in [0, 0.1) is 12.8 Å². The monoisotopic (exact) mass is 396 g/mol. The smallest absolute Gasteiger partial charge is 0.328 e. The highest BCUT2D eigenvalue weighted by Crippen LogP contribution is 2.26. The topological polar surface area (TPSA) is 70.3 Å². The van der Waals surface area contributed by atoms with E-state index in [0.717, 1.165) is 66.3 Å². The highest BCUT2D eigenvalue weighted by molar-refractivity contribution is 5.79. The van der Waals surface area contributed by atoms with Gasteiger partial charge in [-0.05, 0) is 55.9 Å². The Morgan fingerprint density at radius 1 is 1.24 bits per heavy atom. The number of aromatic nitrogens is 3. The van der Waals surface area contributed by atoms with Gasteiger partial charge < -0.3 is 14.8 Å². The van der Waals surface area contributed by atoms with Gasteiger partial charge in [0, 0.05) is 38.6 Å². The van der Waals surface area contributed by atoms with Gasteiger partial charge in [0.2, 0.25) is 0 Å². The van der Waals surface area contributed by atoms with Crippen LogP contribution in [0.5, 0.6) is 5.75 Å². The average Bonchev–Trinajstić information content (AvgIpc) is 2.98. The third-order valence-corrected chi connectivity index (χ3v) is 5.83. The van der Waals surface area contributed by atoms with Crippen molar-refractivity contribution >= 4 is 22.5 Å². The number of fused-ring (bicyclic) bond motifs is 1. The summed E-state index contributed by atoms with van der Waals surface area (Å²) in [6.07, 6.45) is 4.91. The van der Waals surface area contributed by atoms with Crippen LogP contribution in [0.25, 0.3) is 11.0 Å². The molecule has 3 aromatic rings. The number of benzene rings is 1. The fourth-order valence-electron chi connectivity index (χ4n) is 3.97. The van der Waals surface area contributed by atoms with Crippen LogP contribution < -0.4 is 15.7 Å². The molecule has 0 amide bonds. The van der Waals surface area contributed by atoms with Gasteiger partial charge in [0.05, 0.1) is 24.3 Å². The van der Waals surface area contributed by atoms with Gasteiger partial charge in [-0.2, -0.15) is 0 Å². The van der Waals surface area contributed by atoms with Crippen LogP contribution in [0.4, 0.5) is 11.5 Å². The molecule has 1 aliphatic heterocycles. The van der Waals surface area contributed by atoms with Gasteiger partial charge in [0.25, 0.3) is 0 Å². The predicted octanol–water partition coefficient (Wildman–Crippen LogP) is 3.61. The molecule has 7 nitrogen and oxygen atoms in total. The minimum atomic E-state index is 0.00615. The number of nitrogens with zero attached hydrogens (tertiary/aromatic N) is 3. The van der Waals surface area contributed by atoms with Gasteiger partial charge in [-0.15, -0.1) is 0 Å². The summed E-state index contributed by atoms with van der Waals surface area (Å²) in [5.74, 6) is 2.16. The van der Waals surface area contributed by atoms with Gasteiger partial charge >= 0.3 is 5.69 Å². The van der Waals surface area contributed by atoms with Crippen molar-refractivity contribution in [3.05, 3.63) is 46.5 Å². The van der Waals surface area contributed by atoms with Crippen molar-refractivity contribution in [2.24, 2.45) is 13.0 Å². The van der Waals surface area contributed by atoms with Crippen LogP contribution in [0.15, 0.2) is 35.3 Å². The summed E-state index contributed by atoms with van der Waals surface area (Å²) in [5, 5.41) is 3.37. The van der Waals surface area contributed by atoms with Crippen molar-refractivity contribution in [1.29, 1.82) is 0 Å². The molecule has 2 aromatic heterocycles. The molecule has 1 aromatic carbocycles. The molecule has 3 heterocycles. The maximum atomic E-state index is 12.8. The summed E-state index contributed by atoms with van der Waals surface area (Å²) in [5.41, 5.74) is 3.79. The van der Waals surface area contributed by atoms with E-state index in [1.807, 2.05) is 35.8 Å². The lowest BCUT2D eigenvalue weighted by molar-refractivity contribution is 0.0626. The number of pyridine rings is 1. The lowest BCUT2D eigenvalue weighted by Crippen LogP contribution is -2.24. The SMILES string of the molecule is COc1ccc(Nc2cc3c(cn2)n(C)c(=O)n3CCC2CCOCC2)c(C)c1. The molecule has 29 heavy (non-hydrogen) atoms. The van der Waals surface area contributed by atoms with E-state index in [-0.39, 0.29) is 5.69 Å². The summed E-state index contributed by atoms with van der Waals surface area (Å²) in [7, 11) is 3.46. The maximum Gasteiger partial charge on any atom is 0.328 e. The summed E-state index contributed by atoms with van der Waals surface area (Å²) in [6.45, 7) is 4.39. The van der Waals surface area contributed by atoms with Crippen LogP contribution in [0.2, 0.25) is 0 Å². The first-order valence-corrected chi connectivity index (χ1v) is 10.1. The Morgan fingerprint density at radius 2 is 2.03 bits per heavy atom. The molecule has 0 aliphatic carbocycles. The van der Waals surface area contributed by atoms with Crippen LogP contribution in [-0.2, 0) is 18.3 Å². The Kier molecular flexibility index (Phi) is 5.58. The number of hydrogen-bond acceptors (Lipinski definition) is 5. The fraction of sp³-hybridized carbons (Fsp3) is 0.455. The van der Waals surface area contributed by atoms with E-state index in [0.29, 0.717) is 12.5 Å². The van der Waals surface area contributed by atoms with Crippen molar-refractivity contribution in [1.82, 2.24) is 14.1 Å². The summed E-state index contributed by atoms with van der Waals surface area (Å²) >= 11 is 0. The van der Waals surface area contributed by atoms with E-state index in [9.17, 15) is 4.79 Å². The molecule has 0 spiro atoms. The molecule has 1 saturated heterocycles. The Hall–Kier alpha value is -2.80. The average molecular weight is 396 g/mol. The van der Waals surface area contributed by atoms with Crippen LogP contribution in [-0.4, -0.2) is 34.4 Å². The Bertz CT molecular complexity index is 1060. The Labute approximate surface area is 170 Å². The molecular formula is C22H28N4O3. The number of imidazole rings is 1. The highest BCUT2D eigenvalue weighted by Gasteiger charge is 2.17. The zero-order chi connectivity index (χ0) is 20.4. The van der Waals surface area contributed by atoms with E-state index in [2.05, 4.69) is 10.3 Å². The van der Waals surface area contributed by atoms with E-state index in [1.165, 1.54) is 0 Å². The summed E-state index contributed by atoms with van der Waals surface area (Å²) < 4.78 is 14.3. The number of ether oxygens (including phenoxy) is 2. The van der Waals surface area contributed by atoms with E-state index < -0.39 is 0 Å². The van der Waals surface area contributed by atoms with Crippen LogP contribution in [0.3, 0.4) is 0 Å². The molecule has 0 bridgehead atoms. The highest BCUT2D eigenvalue weighted by atomic mass is 16.5. The number of aryl methyl sites for hydroxylation is 3. The van der Waals surface area contributed by atoms with E-state index >= 15 is 0 Å². The molecule has 1 N–H and O–H groups in total. The molecule has 1 fully saturated rings. The molecule has 0 radical (unpaired) electrons. The first-order valence-electron chi connectivity index (χ1n) is 10.1. The van der Waals surface area contributed by atoms with Gasteiger partial charge in [0.1, 0.15) is 11.6 Å². The first-order chi connectivity index (χ1) is 14.1. The predicted molar refractivity (Wildman–Crippen MR) is 114 cm³/mol. The Morgan fingerprint density at radius 3 is 2.76 bits per heavy atom. The second-order valence-corrected chi connectivity index (χ2v) is 7.70. The minimum absolute atomic E-state index is 0.00615. The molecule has 7 heteroatoms. The second-order valence-electron chi connectivity index (χ2n) is 7.70. The molecule has 1 aliphatic rings. The zero-order valence-electron chi connectivity index (χ0n) is 17.3. The number of anilines is 2. The quantitative estimate of drug-likeness (QED) is 0.689. The molecule has 0 unspecified atom stereocenters. The molecule has 4 rings (SSSR count). The normalized spacial score (nSPS) is 15.0. The van der Waals surface area contributed by atoms with Gasteiger partial charge in [-0.1, -0.05) is 0 Å². The van der Waals surface area contributed by atoms with Crippen molar-refractivity contribution in [3.8, 4) is 5.75 Å². The van der Waals surface area contributed by atoms with Crippen LogP contribution >= 0.6 is 0 Å². The van der Waals surface area contributed by atoms with Crippen molar-refractivity contribution in [2.75, 3.05) is 25.6 Å². The fourth-order valence-corrected chi connectivity index (χ4v) is 3.97. The van der Waals surface area contributed by atoms with Crippen molar-refractivity contribution in [3.63, 3.8) is 0 Å². The molecule has 154 valence electrons. The number of hydrogen-bond donors (Lipinski definition) is 1. The molecule has 0 saturated carbocycles. The Balaban J connectivity index is 1.61. The van der Waals surface area contributed by atoms with Crippen LogP contribution in [0.1, 0.15) is 24.8 Å². The number of nitrogens with one attached hydrogen (secondary N) is 1. The maximum absolute atomic E-state index is 12.8. The van der Waals surface area contributed by atoms with Gasteiger partial charge in [0.15, 0.2) is 0 Å². The molecule has 0 atom stereocenters. The third kappa shape index (κ3) is 4.00. The van der Waals surface area contributed by atoms with E-state index in [1.54, 1.807) is 24.9 Å². The first kappa shape index (κ1) is 19.5. The number of methoxy groups -OCH3 is 1. The lowest BCUT2D eigenvalue weighted by Gasteiger charge is -2.21. The summed E-state index contributed by atoms with van der Waals surface area (Å²) in [6, 6.07) is 7.83. The zero-order valence-corrected chi connectivity index (χ0v) is 17.3. The third-order valence-electron chi connectivity index (χ3n) is 5.83. The minimum Gasteiger partial charge on any atom is -0.497 e. The standard InChI is InChI=1S/C22H28N4O3/c1-15-12-17(28-3)4-5-18(15)24-21-13-19-20(14-23-21)25(2)22(27)26(19)9-6-16-7-10-29-11-8-16/h4-5,12-14,16H,6-11H2,1-3H3,(H,23,24). The van der Waals surface area contributed by atoms with Crippen molar-refractivity contribution in [2.45, 2.75) is 32.7 Å². The largest absolute Gasteiger partial charge is 0.497 e. The molecular weight excluding hydrogens is 368 g/mol. The van der Waals surface area contributed by atoms with Gasteiger partial charge in [-0.25, -0.2) is 9.78 Å². The van der Waals surface area contributed by atoms with E-state index in [4.69, 9.17) is 9.47 Å². The number of rotatable bonds is 6. The van der Waals surface area contributed by atoms with Crippen molar-refractivity contribution < 1.29 is 9.47 Å². The summed E-state index contributed by atoms with van der Waals surface area (Å²) in [4.78, 5) is 17.3. The lowest BCUT2D eigenvalue weighted by atomic mass is 9.97. The van der Waals surface area contributed by atoms with Gasteiger partial charge in [-0.3, -0.25) is 9.13 Å². The second kappa shape index (κ2) is 8.29.